The normalized spacial score (nSPS) is 19.0. The molecule has 1 aliphatic rings. The summed E-state index contributed by atoms with van der Waals surface area (Å²) in [5.74, 6) is 0.209. The highest BCUT2D eigenvalue weighted by molar-refractivity contribution is 5.83. The van der Waals surface area contributed by atoms with E-state index in [1.807, 2.05) is 54.3 Å². The summed E-state index contributed by atoms with van der Waals surface area (Å²) in [4.78, 5) is 17.5. The summed E-state index contributed by atoms with van der Waals surface area (Å²) >= 11 is 0. The lowest BCUT2D eigenvalue weighted by molar-refractivity contribution is -0.137. The quantitative estimate of drug-likeness (QED) is 0.819. The molecule has 0 radical (unpaired) electrons. The number of benzene rings is 1. The number of amides is 1. The molecule has 0 saturated carbocycles. The lowest BCUT2D eigenvalue weighted by Gasteiger charge is -2.33. The van der Waals surface area contributed by atoms with Gasteiger partial charge < -0.3 is 4.90 Å². The maximum atomic E-state index is 13.3. The van der Waals surface area contributed by atoms with Gasteiger partial charge in [0.15, 0.2) is 0 Å². The minimum absolute atomic E-state index is 0.209. The summed E-state index contributed by atoms with van der Waals surface area (Å²) in [6.45, 7) is 4.54. The summed E-state index contributed by atoms with van der Waals surface area (Å²) in [5.41, 5.74) is 1.07. The Labute approximate surface area is 143 Å². The van der Waals surface area contributed by atoms with Crippen LogP contribution in [0.2, 0.25) is 0 Å². The molecular weight excluding hydrogens is 300 g/mol. The van der Waals surface area contributed by atoms with Crippen LogP contribution in [0.4, 0.5) is 0 Å². The molecule has 2 unspecified atom stereocenters. The van der Waals surface area contributed by atoms with Crippen molar-refractivity contribution in [3.63, 3.8) is 0 Å². The van der Waals surface area contributed by atoms with Crippen LogP contribution in [0.1, 0.15) is 31.4 Å². The number of likely N-dealkylation sites (tertiary alicyclic amines) is 1. The number of rotatable bonds is 6. The second-order valence-corrected chi connectivity index (χ2v) is 6.44. The van der Waals surface area contributed by atoms with E-state index in [0.29, 0.717) is 0 Å². The van der Waals surface area contributed by atoms with Gasteiger partial charge >= 0.3 is 0 Å². The third-order valence-corrected chi connectivity index (χ3v) is 4.91. The van der Waals surface area contributed by atoms with Gasteiger partial charge in [-0.3, -0.25) is 14.4 Å². The van der Waals surface area contributed by atoms with Crippen LogP contribution in [-0.4, -0.2) is 51.7 Å². The predicted molar refractivity (Wildman–Crippen MR) is 94.4 cm³/mol. The van der Waals surface area contributed by atoms with Crippen LogP contribution in [0.15, 0.2) is 48.8 Å². The third-order valence-electron chi connectivity index (χ3n) is 4.91. The van der Waals surface area contributed by atoms with Gasteiger partial charge in [-0.15, -0.1) is 0 Å². The van der Waals surface area contributed by atoms with Gasteiger partial charge in [-0.2, -0.15) is 5.10 Å². The smallest absolute Gasteiger partial charge is 0.244 e. The molecule has 1 amide bonds. The van der Waals surface area contributed by atoms with Crippen LogP contribution in [0.3, 0.4) is 0 Å². The zero-order valence-electron chi connectivity index (χ0n) is 14.5. The molecule has 1 aromatic heterocycles. The van der Waals surface area contributed by atoms with Crippen molar-refractivity contribution in [2.45, 2.75) is 38.4 Å². The standard InChI is InChI=1S/C19H26N4O/c1-3-21(2)18(16-9-5-4-6-10-16)19(24)23-14-7-11-17(23)15-22-13-8-12-20-22/h4-6,8-10,12-13,17-18H,3,7,11,14-15H2,1-2H3. The molecule has 5 heteroatoms. The van der Waals surface area contributed by atoms with E-state index >= 15 is 0 Å². The SMILES string of the molecule is CCN(C)C(C(=O)N1CCCC1Cn1cccn1)c1ccccc1. The third kappa shape index (κ3) is 3.51. The summed E-state index contributed by atoms with van der Waals surface area (Å²) < 4.78 is 1.93. The minimum atomic E-state index is -0.213. The van der Waals surface area contributed by atoms with Crippen LogP contribution >= 0.6 is 0 Å². The highest BCUT2D eigenvalue weighted by Crippen LogP contribution is 2.27. The lowest BCUT2D eigenvalue weighted by Crippen LogP contribution is -2.45. The largest absolute Gasteiger partial charge is 0.336 e. The number of carbonyl (C=O) groups is 1. The van der Waals surface area contributed by atoms with Gasteiger partial charge in [0.2, 0.25) is 5.91 Å². The van der Waals surface area contributed by atoms with Crippen LogP contribution in [0, 0.1) is 0 Å². The van der Waals surface area contributed by atoms with Crippen molar-refractivity contribution in [1.29, 1.82) is 0 Å². The van der Waals surface area contributed by atoms with Crippen LogP contribution in [0.5, 0.6) is 0 Å². The Bertz CT molecular complexity index is 641. The fraction of sp³-hybridized carbons (Fsp3) is 0.474. The Kier molecular flexibility index (Phi) is 5.30. The molecule has 2 atom stereocenters. The second-order valence-electron chi connectivity index (χ2n) is 6.44. The van der Waals surface area contributed by atoms with Crippen LogP contribution < -0.4 is 0 Å². The van der Waals surface area contributed by atoms with Crippen LogP contribution in [0.25, 0.3) is 0 Å². The van der Waals surface area contributed by atoms with Crippen molar-refractivity contribution in [2.75, 3.05) is 20.1 Å². The van der Waals surface area contributed by atoms with Gasteiger partial charge in [0, 0.05) is 18.9 Å². The van der Waals surface area contributed by atoms with E-state index in [-0.39, 0.29) is 18.0 Å². The summed E-state index contributed by atoms with van der Waals surface area (Å²) in [7, 11) is 2.02. The number of carbonyl (C=O) groups excluding carboxylic acids is 1. The van der Waals surface area contributed by atoms with E-state index in [2.05, 4.69) is 21.8 Å². The molecular formula is C19H26N4O. The lowest BCUT2D eigenvalue weighted by atomic mass is 10.0. The topological polar surface area (TPSA) is 41.4 Å². The van der Waals surface area contributed by atoms with Crippen molar-refractivity contribution in [1.82, 2.24) is 19.6 Å². The monoisotopic (exact) mass is 326 g/mol. The summed E-state index contributed by atoms with van der Waals surface area (Å²) in [5, 5.41) is 4.30. The first kappa shape index (κ1) is 16.7. The van der Waals surface area contributed by atoms with Crippen molar-refractivity contribution >= 4 is 5.91 Å². The summed E-state index contributed by atoms with van der Waals surface area (Å²) in [6, 6.07) is 12.0. The van der Waals surface area contributed by atoms with E-state index in [9.17, 15) is 4.79 Å². The molecule has 0 spiro atoms. The molecule has 24 heavy (non-hydrogen) atoms. The first-order valence-corrected chi connectivity index (χ1v) is 8.73. The molecule has 0 aliphatic carbocycles. The first-order valence-electron chi connectivity index (χ1n) is 8.73. The Morgan fingerprint density at radius 2 is 2.12 bits per heavy atom. The zero-order chi connectivity index (χ0) is 16.9. The zero-order valence-corrected chi connectivity index (χ0v) is 14.5. The Balaban J connectivity index is 1.81. The molecule has 0 N–H and O–H groups in total. The fourth-order valence-electron chi connectivity index (χ4n) is 3.50. The Morgan fingerprint density at radius 1 is 1.33 bits per heavy atom. The van der Waals surface area contributed by atoms with Gasteiger partial charge in [-0.05, 0) is 38.1 Å². The number of nitrogens with zero attached hydrogens (tertiary/aromatic N) is 4. The van der Waals surface area contributed by atoms with E-state index < -0.39 is 0 Å². The Morgan fingerprint density at radius 3 is 2.79 bits per heavy atom. The van der Waals surface area contributed by atoms with E-state index in [1.54, 1.807) is 6.20 Å². The van der Waals surface area contributed by atoms with Crippen molar-refractivity contribution in [3.05, 3.63) is 54.4 Å². The van der Waals surface area contributed by atoms with Crippen molar-refractivity contribution in [2.24, 2.45) is 0 Å². The second kappa shape index (κ2) is 7.62. The van der Waals surface area contributed by atoms with Crippen molar-refractivity contribution in [3.8, 4) is 0 Å². The van der Waals surface area contributed by atoms with Gasteiger partial charge in [-0.25, -0.2) is 0 Å². The molecule has 1 aliphatic heterocycles. The first-order chi connectivity index (χ1) is 11.7. The van der Waals surface area contributed by atoms with Gasteiger partial charge in [0.1, 0.15) is 6.04 Å². The van der Waals surface area contributed by atoms with E-state index in [4.69, 9.17) is 0 Å². The average molecular weight is 326 g/mol. The minimum Gasteiger partial charge on any atom is -0.336 e. The Hall–Kier alpha value is -2.14. The molecule has 2 aromatic rings. The van der Waals surface area contributed by atoms with Gasteiger partial charge in [-0.1, -0.05) is 37.3 Å². The molecule has 3 rings (SSSR count). The summed E-state index contributed by atoms with van der Waals surface area (Å²) in [6.07, 6.45) is 5.87. The molecule has 5 nitrogen and oxygen atoms in total. The molecule has 1 fully saturated rings. The predicted octanol–water partition coefficient (Wildman–Crippen LogP) is 2.57. The molecule has 1 aromatic carbocycles. The van der Waals surface area contributed by atoms with E-state index in [0.717, 1.165) is 38.0 Å². The maximum absolute atomic E-state index is 13.3. The van der Waals surface area contributed by atoms with Gasteiger partial charge in [0.05, 0.1) is 12.6 Å². The number of hydrogen-bond acceptors (Lipinski definition) is 3. The van der Waals surface area contributed by atoms with E-state index in [1.165, 1.54) is 0 Å². The maximum Gasteiger partial charge on any atom is 0.244 e. The van der Waals surface area contributed by atoms with Crippen LogP contribution in [-0.2, 0) is 11.3 Å². The number of hydrogen-bond donors (Lipinski definition) is 0. The molecule has 128 valence electrons. The average Bonchev–Trinajstić information content (AvgIpc) is 3.28. The van der Waals surface area contributed by atoms with Gasteiger partial charge in [0.25, 0.3) is 0 Å². The highest BCUT2D eigenvalue weighted by atomic mass is 16.2. The number of likely N-dealkylation sites (N-methyl/N-ethyl adjacent to an activating group) is 1. The number of aromatic nitrogens is 2. The fourth-order valence-corrected chi connectivity index (χ4v) is 3.50. The molecule has 1 saturated heterocycles. The highest BCUT2D eigenvalue weighted by Gasteiger charge is 2.35. The molecule has 2 heterocycles. The molecule has 0 bridgehead atoms. The van der Waals surface area contributed by atoms with Crippen molar-refractivity contribution < 1.29 is 4.79 Å².